The van der Waals surface area contributed by atoms with Crippen LogP contribution in [-0.4, -0.2) is 22.0 Å². The third kappa shape index (κ3) is 3.17. The summed E-state index contributed by atoms with van der Waals surface area (Å²) >= 11 is 0. The van der Waals surface area contributed by atoms with Crippen molar-refractivity contribution < 1.29 is 4.79 Å². The Morgan fingerprint density at radius 2 is 1.81 bits per heavy atom. The van der Waals surface area contributed by atoms with Crippen molar-refractivity contribution in [2.45, 2.75) is 12.6 Å². The molecule has 1 amide bonds. The summed E-state index contributed by atoms with van der Waals surface area (Å²) < 4.78 is 1.85. The molecular formula is C21H20N4O. The van der Waals surface area contributed by atoms with Gasteiger partial charge in [-0.25, -0.2) is 4.98 Å². The van der Waals surface area contributed by atoms with Crippen LogP contribution in [-0.2, 0) is 11.3 Å². The number of fused-ring (bicyclic) bond motifs is 2. The van der Waals surface area contributed by atoms with Crippen LogP contribution >= 0.6 is 0 Å². The number of carbonyl (C=O) groups excluding carboxylic acids is 1. The van der Waals surface area contributed by atoms with E-state index in [0.29, 0.717) is 6.54 Å². The number of nitrogens with two attached hydrogens (primary N) is 1. The first kappa shape index (κ1) is 16.3. The maximum Gasteiger partial charge on any atom is 0.240 e. The molecule has 0 radical (unpaired) electrons. The van der Waals surface area contributed by atoms with Gasteiger partial charge in [-0.15, -0.1) is 0 Å². The first-order valence-electron chi connectivity index (χ1n) is 8.62. The number of hydrogen-bond acceptors (Lipinski definition) is 3. The molecule has 3 N–H and O–H groups in total. The number of carbonyl (C=O) groups is 1. The predicted octanol–water partition coefficient (Wildman–Crippen LogP) is 3.01. The molecule has 1 aromatic heterocycles. The zero-order valence-electron chi connectivity index (χ0n) is 14.3. The number of benzene rings is 3. The molecule has 4 rings (SSSR count). The van der Waals surface area contributed by atoms with E-state index in [0.717, 1.165) is 22.0 Å². The van der Waals surface area contributed by atoms with Crippen LogP contribution in [0.3, 0.4) is 0 Å². The highest BCUT2D eigenvalue weighted by Gasteiger charge is 2.14. The van der Waals surface area contributed by atoms with Gasteiger partial charge in [0.15, 0.2) is 0 Å². The molecule has 130 valence electrons. The Morgan fingerprint density at radius 3 is 2.65 bits per heavy atom. The normalized spacial score (nSPS) is 12.3. The lowest BCUT2D eigenvalue weighted by Gasteiger charge is -2.18. The lowest BCUT2D eigenvalue weighted by atomic mass is 10.0. The smallest absolute Gasteiger partial charge is 0.240 e. The second kappa shape index (κ2) is 6.98. The van der Waals surface area contributed by atoms with E-state index in [1.54, 1.807) is 6.33 Å². The minimum absolute atomic E-state index is 0.0863. The second-order valence-electron chi connectivity index (χ2n) is 6.32. The average Bonchev–Trinajstić information content (AvgIpc) is 3.08. The number of amides is 1. The van der Waals surface area contributed by atoms with Crippen molar-refractivity contribution in [3.63, 3.8) is 0 Å². The molecule has 0 aliphatic heterocycles. The van der Waals surface area contributed by atoms with E-state index in [9.17, 15) is 4.79 Å². The Balaban J connectivity index is 1.52. The van der Waals surface area contributed by atoms with Crippen LogP contribution in [0.15, 0.2) is 73.1 Å². The molecule has 0 aliphatic carbocycles. The summed E-state index contributed by atoms with van der Waals surface area (Å²) in [6.07, 6.45) is 1.69. The topological polar surface area (TPSA) is 72.9 Å². The quantitative estimate of drug-likeness (QED) is 0.584. The van der Waals surface area contributed by atoms with Gasteiger partial charge in [0.1, 0.15) is 6.54 Å². The molecule has 5 heteroatoms. The number of rotatable bonds is 5. The number of aromatic nitrogens is 2. The molecule has 1 heterocycles. The van der Waals surface area contributed by atoms with Gasteiger partial charge in [-0.05, 0) is 34.5 Å². The van der Waals surface area contributed by atoms with Crippen LogP contribution in [0.4, 0.5) is 0 Å². The minimum Gasteiger partial charge on any atom is -0.346 e. The Bertz CT molecular complexity index is 1070. The van der Waals surface area contributed by atoms with Gasteiger partial charge in [-0.3, -0.25) is 4.79 Å². The van der Waals surface area contributed by atoms with Gasteiger partial charge in [0.05, 0.1) is 23.4 Å². The predicted molar refractivity (Wildman–Crippen MR) is 104 cm³/mol. The van der Waals surface area contributed by atoms with Gasteiger partial charge < -0.3 is 15.6 Å². The fourth-order valence-electron chi connectivity index (χ4n) is 3.23. The molecule has 0 aliphatic rings. The molecule has 5 nitrogen and oxygen atoms in total. The number of nitrogens with one attached hydrogen (secondary N) is 1. The van der Waals surface area contributed by atoms with E-state index in [4.69, 9.17) is 5.73 Å². The van der Waals surface area contributed by atoms with E-state index in [1.165, 1.54) is 5.39 Å². The standard InChI is InChI=1S/C21H20N4O/c22-12-19(17-10-9-15-5-1-2-6-16(15)11-17)24-21(26)13-25-14-23-18-7-3-4-8-20(18)25/h1-11,14,19H,12-13,22H2,(H,24,26). The van der Waals surface area contributed by atoms with Crippen molar-refractivity contribution in [1.82, 2.24) is 14.9 Å². The zero-order chi connectivity index (χ0) is 17.9. The summed E-state index contributed by atoms with van der Waals surface area (Å²) in [5.41, 5.74) is 8.76. The van der Waals surface area contributed by atoms with E-state index in [-0.39, 0.29) is 18.5 Å². The lowest BCUT2D eigenvalue weighted by molar-refractivity contribution is -0.122. The van der Waals surface area contributed by atoms with Crippen LogP contribution < -0.4 is 11.1 Å². The fraction of sp³-hybridized carbons (Fsp3) is 0.143. The van der Waals surface area contributed by atoms with Crippen LogP contribution in [0.5, 0.6) is 0 Å². The maximum atomic E-state index is 12.5. The summed E-state index contributed by atoms with van der Waals surface area (Å²) in [6, 6.07) is 21.9. The Morgan fingerprint density at radius 1 is 1.04 bits per heavy atom. The number of imidazole rings is 1. The molecular weight excluding hydrogens is 324 g/mol. The Hall–Kier alpha value is -3.18. The first-order chi connectivity index (χ1) is 12.7. The molecule has 1 atom stereocenters. The van der Waals surface area contributed by atoms with Gasteiger partial charge >= 0.3 is 0 Å². The number of para-hydroxylation sites is 2. The fourth-order valence-corrected chi connectivity index (χ4v) is 3.23. The molecule has 0 saturated heterocycles. The molecule has 0 fully saturated rings. The van der Waals surface area contributed by atoms with Crippen LogP contribution in [0.1, 0.15) is 11.6 Å². The molecule has 0 spiro atoms. The molecule has 4 aromatic rings. The highest BCUT2D eigenvalue weighted by Crippen LogP contribution is 2.20. The van der Waals surface area contributed by atoms with Crippen LogP contribution in [0, 0.1) is 0 Å². The zero-order valence-corrected chi connectivity index (χ0v) is 14.3. The van der Waals surface area contributed by atoms with Crippen molar-refractivity contribution in [2.75, 3.05) is 6.54 Å². The largest absolute Gasteiger partial charge is 0.346 e. The molecule has 0 bridgehead atoms. The van der Waals surface area contributed by atoms with Crippen molar-refractivity contribution in [3.05, 3.63) is 78.6 Å². The molecule has 0 saturated carbocycles. The van der Waals surface area contributed by atoms with E-state index < -0.39 is 0 Å². The van der Waals surface area contributed by atoms with Gasteiger partial charge in [-0.2, -0.15) is 0 Å². The lowest BCUT2D eigenvalue weighted by Crippen LogP contribution is -2.35. The summed E-state index contributed by atoms with van der Waals surface area (Å²) in [5, 5.41) is 5.35. The Labute approximate surface area is 151 Å². The number of nitrogens with zero attached hydrogens (tertiary/aromatic N) is 2. The van der Waals surface area contributed by atoms with E-state index >= 15 is 0 Å². The van der Waals surface area contributed by atoms with Crippen molar-refractivity contribution in [2.24, 2.45) is 5.73 Å². The van der Waals surface area contributed by atoms with Gasteiger partial charge in [0.25, 0.3) is 0 Å². The van der Waals surface area contributed by atoms with Crippen molar-refractivity contribution in [3.8, 4) is 0 Å². The summed E-state index contributed by atoms with van der Waals surface area (Å²) in [4.78, 5) is 16.9. The van der Waals surface area contributed by atoms with Crippen LogP contribution in [0.25, 0.3) is 21.8 Å². The SMILES string of the molecule is NCC(NC(=O)Cn1cnc2ccccc21)c1ccc2ccccc2c1. The third-order valence-corrected chi connectivity index (χ3v) is 4.59. The third-order valence-electron chi connectivity index (χ3n) is 4.59. The Kier molecular flexibility index (Phi) is 4.37. The highest BCUT2D eigenvalue weighted by molar-refractivity contribution is 5.84. The van der Waals surface area contributed by atoms with Gasteiger partial charge in [-0.1, -0.05) is 48.5 Å². The molecule has 3 aromatic carbocycles. The van der Waals surface area contributed by atoms with Crippen LogP contribution in [0.2, 0.25) is 0 Å². The molecule has 26 heavy (non-hydrogen) atoms. The maximum absolute atomic E-state index is 12.5. The molecule has 1 unspecified atom stereocenters. The monoisotopic (exact) mass is 344 g/mol. The average molecular weight is 344 g/mol. The second-order valence-corrected chi connectivity index (χ2v) is 6.32. The first-order valence-corrected chi connectivity index (χ1v) is 8.62. The van der Waals surface area contributed by atoms with Crippen molar-refractivity contribution in [1.29, 1.82) is 0 Å². The summed E-state index contributed by atoms with van der Waals surface area (Å²) in [5.74, 6) is -0.0863. The van der Waals surface area contributed by atoms with Gasteiger partial charge in [0, 0.05) is 6.54 Å². The van der Waals surface area contributed by atoms with Crippen molar-refractivity contribution >= 4 is 27.7 Å². The summed E-state index contributed by atoms with van der Waals surface area (Å²) in [6.45, 7) is 0.555. The van der Waals surface area contributed by atoms with Gasteiger partial charge in [0.2, 0.25) is 5.91 Å². The summed E-state index contributed by atoms with van der Waals surface area (Å²) in [7, 11) is 0. The van der Waals surface area contributed by atoms with E-state index in [2.05, 4.69) is 34.6 Å². The highest BCUT2D eigenvalue weighted by atomic mass is 16.2. The minimum atomic E-state index is -0.220. The van der Waals surface area contributed by atoms with E-state index in [1.807, 2.05) is 47.0 Å². The number of hydrogen-bond donors (Lipinski definition) is 2.